The lowest BCUT2D eigenvalue weighted by Gasteiger charge is -2.49. The molecule has 246 valence electrons. The fourth-order valence-electron chi connectivity index (χ4n) is 8.35. The van der Waals surface area contributed by atoms with Gasteiger partial charge in [0.2, 0.25) is 23.6 Å². The number of nitrogens with zero attached hydrogens (tertiary/aromatic N) is 2. The van der Waals surface area contributed by atoms with Crippen molar-refractivity contribution >= 4 is 59.2 Å². The number of phenols is 1. The Hall–Kier alpha value is -4.52. The van der Waals surface area contributed by atoms with Gasteiger partial charge in [-0.3, -0.25) is 24.1 Å². The molecule has 3 fully saturated rings. The van der Waals surface area contributed by atoms with Crippen molar-refractivity contribution in [3.05, 3.63) is 88.7 Å². The van der Waals surface area contributed by atoms with Gasteiger partial charge in [-0.05, 0) is 74.5 Å². The van der Waals surface area contributed by atoms with E-state index in [4.69, 9.17) is 16.3 Å². The van der Waals surface area contributed by atoms with E-state index < -0.39 is 71.6 Å². The summed E-state index contributed by atoms with van der Waals surface area (Å²) in [5.41, 5.74) is -0.0693. The van der Waals surface area contributed by atoms with Crippen LogP contribution in [-0.2, 0) is 19.2 Å². The van der Waals surface area contributed by atoms with E-state index in [0.29, 0.717) is 11.1 Å². The lowest BCUT2D eigenvalue weighted by Crippen LogP contribution is -2.49. The number of fused-ring (bicyclic) bond motifs is 4. The number of phenolic OH excluding ortho intramolecular Hbond substituents is 1. The van der Waals surface area contributed by atoms with Crippen molar-refractivity contribution < 1.29 is 43.5 Å². The number of para-hydroxylation sites is 1. The fraction of sp³-hybridized carbons (Fsp3) is 0.314. The fourth-order valence-corrected chi connectivity index (χ4v) is 8.53. The number of halogens is 2. The van der Waals surface area contributed by atoms with Crippen LogP contribution in [0.5, 0.6) is 11.5 Å². The van der Waals surface area contributed by atoms with Gasteiger partial charge < -0.3 is 19.9 Å². The first-order chi connectivity index (χ1) is 22.9. The number of carbonyl (C=O) groups is 4. The number of anilines is 2. The maximum absolute atomic E-state index is 14.6. The summed E-state index contributed by atoms with van der Waals surface area (Å²) in [6.07, 6.45) is 2.08. The highest BCUT2D eigenvalue weighted by molar-refractivity contribution is 6.58. The molecule has 2 saturated heterocycles. The predicted octanol–water partition coefficient (Wildman–Crippen LogP) is 3.70. The van der Waals surface area contributed by atoms with Gasteiger partial charge in [0.05, 0.1) is 46.2 Å². The Kier molecular flexibility index (Phi) is 7.73. The van der Waals surface area contributed by atoms with Crippen LogP contribution in [0.4, 0.5) is 15.8 Å². The van der Waals surface area contributed by atoms with Gasteiger partial charge in [0.1, 0.15) is 5.82 Å². The first-order valence-corrected chi connectivity index (χ1v) is 16.1. The summed E-state index contributed by atoms with van der Waals surface area (Å²) < 4.78 is 19.8. The summed E-state index contributed by atoms with van der Waals surface area (Å²) in [5.74, 6) is -7.00. The minimum atomic E-state index is -1.81. The molecule has 4 aliphatic rings. The molecule has 1 saturated carbocycles. The molecule has 4 amide bonds. The molecule has 0 aromatic heterocycles. The minimum Gasteiger partial charge on any atom is -0.504 e. The Morgan fingerprint density at radius 1 is 0.958 bits per heavy atom. The lowest BCUT2D eigenvalue weighted by atomic mass is 9.51. The second-order valence-electron chi connectivity index (χ2n) is 12.9. The van der Waals surface area contributed by atoms with Crippen LogP contribution in [0, 0.1) is 34.9 Å². The number of benzene rings is 3. The average molecular weight is 673 g/mol. The molecule has 3 aromatic rings. The standard InChI is InChI=1S/C35H31BClFN2O8/c1-3-48-27-9-5-8-22(30(27)41)29-20-11-12-21-28(33(44)39(31(21)42)18-7-4-6-17(14-18)36(46)47)23(20)16-24-32(43)40(34(45)35(24,29)2)19-10-13-26(38)25(37)15-19/h4-11,13-15,21,23-24,28-29,41,46-47H,3,12,16H2,1-2H3/t21-,23+,24-,28-,29+,35+/m0/s1. The van der Waals surface area contributed by atoms with Crippen LogP contribution in [0.3, 0.4) is 0 Å². The number of aromatic hydroxyl groups is 1. The van der Waals surface area contributed by atoms with Gasteiger partial charge in [-0.1, -0.05) is 47.5 Å². The third-order valence-electron chi connectivity index (χ3n) is 10.5. The van der Waals surface area contributed by atoms with Crippen LogP contribution in [0.1, 0.15) is 38.2 Å². The molecular weight excluding hydrogens is 642 g/mol. The molecule has 10 nitrogen and oxygen atoms in total. The average Bonchev–Trinajstić information content (AvgIpc) is 3.43. The maximum atomic E-state index is 14.6. The zero-order valence-electron chi connectivity index (χ0n) is 26.0. The molecule has 0 unspecified atom stereocenters. The van der Waals surface area contributed by atoms with Crippen LogP contribution in [-0.4, -0.2) is 52.5 Å². The highest BCUT2D eigenvalue weighted by Crippen LogP contribution is 2.65. The summed E-state index contributed by atoms with van der Waals surface area (Å²) in [6, 6.07) is 14.4. The Morgan fingerprint density at radius 2 is 1.69 bits per heavy atom. The summed E-state index contributed by atoms with van der Waals surface area (Å²) in [4.78, 5) is 59.1. The van der Waals surface area contributed by atoms with Gasteiger partial charge in [0, 0.05) is 11.5 Å². The quantitative estimate of drug-likeness (QED) is 0.204. The van der Waals surface area contributed by atoms with Crippen LogP contribution in [0.15, 0.2) is 72.3 Å². The summed E-state index contributed by atoms with van der Waals surface area (Å²) in [5, 5.41) is 30.7. The normalized spacial score (nSPS) is 27.9. The van der Waals surface area contributed by atoms with Crippen molar-refractivity contribution in [3.8, 4) is 11.5 Å². The molecule has 13 heteroatoms. The van der Waals surface area contributed by atoms with Crippen molar-refractivity contribution in [2.75, 3.05) is 16.4 Å². The summed E-state index contributed by atoms with van der Waals surface area (Å²) in [6.45, 7) is 3.69. The van der Waals surface area contributed by atoms with E-state index in [9.17, 15) is 38.7 Å². The molecule has 0 bridgehead atoms. The lowest BCUT2D eigenvalue weighted by molar-refractivity contribution is -0.131. The monoisotopic (exact) mass is 672 g/mol. The summed E-state index contributed by atoms with van der Waals surface area (Å²) in [7, 11) is -1.81. The Bertz CT molecular complexity index is 1940. The van der Waals surface area contributed by atoms with Crippen molar-refractivity contribution in [1.29, 1.82) is 0 Å². The molecule has 3 aromatic carbocycles. The van der Waals surface area contributed by atoms with E-state index in [1.165, 1.54) is 36.4 Å². The zero-order chi connectivity index (χ0) is 34.2. The van der Waals surface area contributed by atoms with Gasteiger partial charge in [0.25, 0.3) is 0 Å². The second-order valence-corrected chi connectivity index (χ2v) is 13.3. The Morgan fingerprint density at radius 3 is 2.40 bits per heavy atom. The van der Waals surface area contributed by atoms with Gasteiger partial charge in [0.15, 0.2) is 11.5 Å². The molecule has 48 heavy (non-hydrogen) atoms. The second kappa shape index (κ2) is 11.6. The molecule has 3 N–H and O–H groups in total. The van der Waals surface area contributed by atoms with Gasteiger partial charge in [-0.25, -0.2) is 9.29 Å². The van der Waals surface area contributed by atoms with Crippen LogP contribution in [0.2, 0.25) is 5.02 Å². The number of imide groups is 2. The maximum Gasteiger partial charge on any atom is 0.488 e. The predicted molar refractivity (Wildman–Crippen MR) is 174 cm³/mol. The molecule has 2 aliphatic heterocycles. The van der Waals surface area contributed by atoms with Gasteiger partial charge in [-0.2, -0.15) is 0 Å². The van der Waals surface area contributed by atoms with Crippen molar-refractivity contribution in [2.24, 2.45) is 29.1 Å². The third kappa shape index (κ3) is 4.53. The highest BCUT2D eigenvalue weighted by Gasteiger charge is 2.68. The van der Waals surface area contributed by atoms with E-state index in [-0.39, 0.29) is 52.8 Å². The number of rotatable bonds is 6. The van der Waals surface area contributed by atoms with Crippen LogP contribution >= 0.6 is 11.6 Å². The number of amides is 4. The van der Waals surface area contributed by atoms with Gasteiger partial charge in [-0.15, -0.1) is 0 Å². The third-order valence-corrected chi connectivity index (χ3v) is 10.8. The number of carbonyl (C=O) groups excluding carboxylic acids is 4. The molecule has 7 rings (SSSR count). The molecule has 6 atom stereocenters. The molecule has 0 spiro atoms. The number of hydrogen-bond acceptors (Lipinski definition) is 8. The summed E-state index contributed by atoms with van der Waals surface area (Å²) >= 11 is 6.07. The van der Waals surface area contributed by atoms with Gasteiger partial charge >= 0.3 is 7.12 Å². The van der Waals surface area contributed by atoms with Crippen molar-refractivity contribution in [2.45, 2.75) is 32.6 Å². The highest BCUT2D eigenvalue weighted by atomic mass is 35.5. The molecule has 2 aliphatic carbocycles. The van der Waals surface area contributed by atoms with E-state index in [0.717, 1.165) is 15.9 Å². The Labute approximate surface area is 280 Å². The number of ether oxygens (including phenoxy) is 1. The van der Waals surface area contributed by atoms with E-state index >= 15 is 0 Å². The molecule has 0 radical (unpaired) electrons. The van der Waals surface area contributed by atoms with Crippen LogP contribution < -0.4 is 20.0 Å². The SMILES string of the molecule is CCOc1cccc([C@H]2C3=CC[C@@H]4C(=O)N(c5cccc(B(O)O)c5)C(=O)[C@@H]4[C@@H]3C[C@H]3C(=O)N(c4ccc(F)c(Cl)c4)C(=O)[C@@]23C)c1O. The van der Waals surface area contributed by atoms with E-state index in [1.807, 2.05) is 6.08 Å². The minimum absolute atomic E-state index is 0.0597. The first kappa shape index (κ1) is 32.1. The topological polar surface area (TPSA) is 145 Å². The van der Waals surface area contributed by atoms with Crippen LogP contribution in [0.25, 0.3) is 0 Å². The first-order valence-electron chi connectivity index (χ1n) is 15.7. The number of allylic oxidation sites excluding steroid dienone is 2. The van der Waals surface area contributed by atoms with E-state index in [2.05, 4.69) is 0 Å². The van der Waals surface area contributed by atoms with Crippen molar-refractivity contribution in [1.82, 2.24) is 0 Å². The smallest absolute Gasteiger partial charge is 0.488 e. The van der Waals surface area contributed by atoms with E-state index in [1.54, 1.807) is 32.0 Å². The largest absolute Gasteiger partial charge is 0.504 e. The Balaban J connectivity index is 1.37. The molecular formula is C35H31BClFN2O8. The number of hydrogen-bond donors (Lipinski definition) is 3. The van der Waals surface area contributed by atoms with Crippen molar-refractivity contribution in [3.63, 3.8) is 0 Å². The molecule has 2 heterocycles. The zero-order valence-corrected chi connectivity index (χ0v) is 26.7.